The molecule has 0 spiro atoms. The molecule has 0 amide bonds. The molecule has 0 atom stereocenters. The van der Waals surface area contributed by atoms with Crippen molar-refractivity contribution in [2.45, 2.75) is 5.88 Å². The lowest BCUT2D eigenvalue weighted by Gasteiger charge is -1.91. The van der Waals surface area contributed by atoms with Gasteiger partial charge in [-0.2, -0.15) is 5.10 Å². The summed E-state index contributed by atoms with van der Waals surface area (Å²) in [5, 5.41) is 4.03. The van der Waals surface area contributed by atoms with Crippen LogP contribution in [0, 0.1) is 0 Å². The minimum atomic E-state index is 0. The van der Waals surface area contributed by atoms with Crippen LogP contribution in [0.2, 0.25) is 0 Å². The van der Waals surface area contributed by atoms with Gasteiger partial charge in [0.15, 0.2) is 0 Å². The Morgan fingerprint density at radius 1 is 1.80 bits per heavy atom. The van der Waals surface area contributed by atoms with Crippen LogP contribution >= 0.6 is 39.9 Å². The molecule has 1 aromatic heterocycles. The lowest BCUT2D eigenvalue weighted by Crippen LogP contribution is -1.94. The summed E-state index contributed by atoms with van der Waals surface area (Å²) in [5.41, 5.74) is 1.02. The second kappa shape index (κ2) is 4.21. The van der Waals surface area contributed by atoms with Gasteiger partial charge in [0.05, 0.1) is 11.6 Å². The van der Waals surface area contributed by atoms with Crippen molar-refractivity contribution < 1.29 is 0 Å². The maximum absolute atomic E-state index is 5.56. The van der Waals surface area contributed by atoms with E-state index in [-0.39, 0.29) is 12.4 Å². The van der Waals surface area contributed by atoms with Crippen molar-refractivity contribution in [1.29, 1.82) is 0 Å². The third-order valence-corrected chi connectivity index (χ3v) is 1.75. The van der Waals surface area contributed by atoms with Crippen molar-refractivity contribution in [3.63, 3.8) is 0 Å². The van der Waals surface area contributed by atoms with Gasteiger partial charge in [-0.15, -0.1) is 24.0 Å². The highest BCUT2D eigenvalue weighted by molar-refractivity contribution is 9.10. The van der Waals surface area contributed by atoms with Crippen LogP contribution in [0.4, 0.5) is 0 Å². The predicted molar refractivity (Wildman–Crippen MR) is 47.7 cm³/mol. The van der Waals surface area contributed by atoms with E-state index in [4.69, 9.17) is 11.6 Å². The fourth-order valence-corrected chi connectivity index (χ4v) is 1.34. The molecule has 0 fully saturated rings. The summed E-state index contributed by atoms with van der Waals surface area (Å²) in [5.74, 6) is 0.509. The van der Waals surface area contributed by atoms with E-state index in [1.54, 1.807) is 4.68 Å². The monoisotopic (exact) mass is 244 g/mol. The average molecular weight is 246 g/mol. The third-order valence-electron chi connectivity index (χ3n) is 1.08. The smallest absolute Gasteiger partial charge is 0.128 e. The van der Waals surface area contributed by atoms with Crippen LogP contribution in [-0.4, -0.2) is 9.78 Å². The lowest BCUT2D eigenvalue weighted by molar-refractivity contribution is 0.729. The third kappa shape index (κ3) is 2.15. The van der Waals surface area contributed by atoms with E-state index >= 15 is 0 Å². The molecule has 1 heterocycles. The van der Waals surface area contributed by atoms with E-state index < -0.39 is 0 Å². The van der Waals surface area contributed by atoms with E-state index in [0.29, 0.717) is 5.88 Å². The lowest BCUT2D eigenvalue weighted by atomic mass is 10.5. The maximum atomic E-state index is 5.56. The zero-order chi connectivity index (χ0) is 6.85. The van der Waals surface area contributed by atoms with Gasteiger partial charge in [0.2, 0.25) is 0 Å². The molecule has 5 heteroatoms. The summed E-state index contributed by atoms with van der Waals surface area (Å²) in [6.45, 7) is 0. The summed E-state index contributed by atoms with van der Waals surface area (Å²) in [6.07, 6.45) is 0. The topological polar surface area (TPSA) is 17.8 Å². The summed E-state index contributed by atoms with van der Waals surface area (Å²) in [4.78, 5) is 0. The number of halogens is 3. The van der Waals surface area contributed by atoms with Gasteiger partial charge in [0.1, 0.15) is 4.60 Å². The quantitative estimate of drug-likeness (QED) is 0.695. The predicted octanol–water partition coefficient (Wildman–Crippen LogP) is 2.34. The Morgan fingerprint density at radius 2 is 2.40 bits per heavy atom. The van der Waals surface area contributed by atoms with Crippen LogP contribution in [0.25, 0.3) is 0 Å². The van der Waals surface area contributed by atoms with E-state index in [9.17, 15) is 0 Å². The molecule has 58 valence electrons. The second-order valence-electron chi connectivity index (χ2n) is 1.72. The number of alkyl halides is 1. The SMILES string of the molecule is Cl.Cn1nc(Br)cc1CCl. The molecule has 0 N–H and O–H groups in total. The molecule has 1 aromatic rings. The fourth-order valence-electron chi connectivity index (χ4n) is 0.592. The van der Waals surface area contributed by atoms with E-state index in [1.165, 1.54) is 0 Å². The molecule has 0 aliphatic carbocycles. The minimum absolute atomic E-state index is 0. The highest BCUT2D eigenvalue weighted by Gasteiger charge is 1.98. The Bertz CT molecular complexity index is 211. The number of nitrogens with zero attached hydrogens (tertiary/aromatic N) is 2. The Morgan fingerprint density at radius 3 is 2.60 bits per heavy atom. The molecule has 2 nitrogen and oxygen atoms in total. The number of hydrogen-bond acceptors (Lipinski definition) is 1. The van der Waals surface area contributed by atoms with Gasteiger partial charge in [-0.3, -0.25) is 4.68 Å². The van der Waals surface area contributed by atoms with E-state index in [0.717, 1.165) is 10.3 Å². The van der Waals surface area contributed by atoms with Gasteiger partial charge in [-0.05, 0) is 22.0 Å². The van der Waals surface area contributed by atoms with Crippen molar-refractivity contribution in [2.24, 2.45) is 7.05 Å². The fraction of sp³-hybridized carbons (Fsp3) is 0.400. The first kappa shape index (κ1) is 10.3. The molecule has 0 aromatic carbocycles. The zero-order valence-corrected chi connectivity index (χ0v) is 8.50. The van der Waals surface area contributed by atoms with E-state index in [1.807, 2.05) is 13.1 Å². The van der Waals surface area contributed by atoms with Crippen molar-refractivity contribution in [3.8, 4) is 0 Å². The molecular formula is C5H7BrCl2N2. The first-order valence-corrected chi connectivity index (χ1v) is 3.81. The molecule has 10 heavy (non-hydrogen) atoms. The Hall–Kier alpha value is 0.270. The molecular weight excluding hydrogens is 239 g/mol. The first-order chi connectivity index (χ1) is 4.24. The summed E-state index contributed by atoms with van der Waals surface area (Å²) >= 11 is 8.80. The number of aryl methyl sites for hydroxylation is 1. The van der Waals surface area contributed by atoms with Gasteiger partial charge in [-0.1, -0.05) is 0 Å². The Balaban J connectivity index is 0.000000810. The average Bonchev–Trinajstić information content (AvgIpc) is 2.10. The summed E-state index contributed by atoms with van der Waals surface area (Å²) < 4.78 is 2.58. The van der Waals surface area contributed by atoms with Crippen LogP contribution in [0.15, 0.2) is 10.7 Å². The van der Waals surface area contributed by atoms with Crippen LogP contribution in [0.1, 0.15) is 5.69 Å². The van der Waals surface area contributed by atoms with Gasteiger partial charge in [0.25, 0.3) is 0 Å². The number of hydrogen-bond donors (Lipinski definition) is 0. The summed E-state index contributed by atoms with van der Waals surface area (Å²) in [7, 11) is 1.86. The highest BCUT2D eigenvalue weighted by Crippen LogP contribution is 2.10. The zero-order valence-electron chi connectivity index (χ0n) is 5.34. The maximum Gasteiger partial charge on any atom is 0.128 e. The van der Waals surface area contributed by atoms with Crippen LogP contribution in [-0.2, 0) is 12.9 Å². The first-order valence-electron chi connectivity index (χ1n) is 2.48. The van der Waals surface area contributed by atoms with Gasteiger partial charge < -0.3 is 0 Å². The molecule has 0 saturated carbocycles. The second-order valence-corrected chi connectivity index (χ2v) is 2.80. The van der Waals surface area contributed by atoms with Crippen molar-refractivity contribution in [2.75, 3.05) is 0 Å². The van der Waals surface area contributed by atoms with Gasteiger partial charge in [-0.25, -0.2) is 0 Å². The van der Waals surface area contributed by atoms with Crippen LogP contribution in [0.5, 0.6) is 0 Å². The minimum Gasteiger partial charge on any atom is -0.270 e. The standard InChI is InChI=1S/C5H6BrClN2.ClH/c1-9-4(3-7)2-5(6)8-9;/h2H,3H2,1H3;1H. The Kier molecular flexibility index (Phi) is 4.32. The van der Waals surface area contributed by atoms with E-state index in [2.05, 4.69) is 21.0 Å². The molecule has 0 bridgehead atoms. The molecule has 0 saturated heterocycles. The molecule has 1 rings (SSSR count). The van der Waals surface area contributed by atoms with Crippen LogP contribution < -0.4 is 0 Å². The highest BCUT2D eigenvalue weighted by atomic mass is 79.9. The van der Waals surface area contributed by atoms with Crippen molar-refractivity contribution in [1.82, 2.24) is 9.78 Å². The molecule has 0 aliphatic heterocycles. The Labute approximate surface area is 79.1 Å². The van der Waals surface area contributed by atoms with Gasteiger partial charge in [0, 0.05) is 7.05 Å². The van der Waals surface area contributed by atoms with Crippen LogP contribution in [0.3, 0.4) is 0 Å². The number of rotatable bonds is 1. The normalized spacial score (nSPS) is 9.10. The van der Waals surface area contributed by atoms with Crippen molar-refractivity contribution in [3.05, 3.63) is 16.4 Å². The van der Waals surface area contributed by atoms with Gasteiger partial charge >= 0.3 is 0 Å². The molecule has 0 unspecified atom stereocenters. The van der Waals surface area contributed by atoms with Crippen molar-refractivity contribution >= 4 is 39.9 Å². The largest absolute Gasteiger partial charge is 0.270 e. The molecule has 0 radical (unpaired) electrons. The number of aromatic nitrogens is 2. The summed E-state index contributed by atoms with van der Waals surface area (Å²) in [6, 6.07) is 1.90. The molecule has 0 aliphatic rings.